The number of rotatable bonds is 7. The van der Waals surface area contributed by atoms with Crippen LogP contribution in [0.5, 0.6) is 0 Å². The van der Waals surface area contributed by atoms with E-state index in [0.29, 0.717) is 10.5 Å². The van der Waals surface area contributed by atoms with Gasteiger partial charge in [0.05, 0.1) is 11.2 Å². The Morgan fingerprint density at radius 1 is 1.06 bits per heavy atom. The normalized spacial score (nSPS) is 17.9. The van der Waals surface area contributed by atoms with Crippen molar-refractivity contribution in [2.75, 3.05) is 4.90 Å². The number of amides is 1. The van der Waals surface area contributed by atoms with E-state index in [9.17, 15) is 23.5 Å². The molecule has 0 aliphatic carbocycles. The van der Waals surface area contributed by atoms with E-state index in [4.69, 9.17) is 9.31 Å². The molecule has 1 aliphatic rings. The lowest BCUT2D eigenvalue weighted by Gasteiger charge is -2.32. The van der Waals surface area contributed by atoms with Crippen LogP contribution in [-0.2, 0) is 25.3 Å². The van der Waals surface area contributed by atoms with Crippen LogP contribution in [0, 0.1) is 11.6 Å². The first-order chi connectivity index (χ1) is 14.5. The lowest BCUT2D eigenvalue weighted by atomic mass is 9.78. The number of halogens is 2. The number of nitrogens with zero attached hydrogens (tertiary/aromatic N) is 1. The van der Waals surface area contributed by atoms with Crippen molar-refractivity contribution in [1.82, 2.24) is 0 Å². The molecule has 164 valence electrons. The summed E-state index contributed by atoms with van der Waals surface area (Å²) in [6.07, 6.45) is -0.0233. The second-order valence-electron chi connectivity index (χ2n) is 8.47. The van der Waals surface area contributed by atoms with Crippen molar-refractivity contribution < 1.29 is 32.8 Å². The first kappa shape index (κ1) is 22.9. The molecule has 3 rings (SSSR count). The predicted octanol–water partition coefficient (Wildman–Crippen LogP) is 2.92. The summed E-state index contributed by atoms with van der Waals surface area (Å²) in [6.45, 7) is 7.76. The molecule has 1 heterocycles. The third-order valence-corrected chi connectivity index (χ3v) is 5.86. The second kappa shape index (κ2) is 8.40. The number of carbonyl (C=O) groups excluding carboxylic acids is 1. The Kier molecular flexibility index (Phi) is 6.20. The first-order valence-corrected chi connectivity index (χ1v) is 9.82. The Balaban J connectivity index is 1.83. The van der Waals surface area contributed by atoms with Crippen molar-refractivity contribution in [2.24, 2.45) is 0 Å². The summed E-state index contributed by atoms with van der Waals surface area (Å²) in [7, 11) is -0.576. The van der Waals surface area contributed by atoms with Crippen LogP contribution >= 0.6 is 0 Å². The molecule has 1 saturated heterocycles. The number of aliphatic carboxylic acids is 1. The monoisotopic (exact) mass is 431 g/mol. The van der Waals surface area contributed by atoms with Gasteiger partial charge >= 0.3 is 13.1 Å². The third-order valence-electron chi connectivity index (χ3n) is 5.86. The van der Waals surface area contributed by atoms with Gasteiger partial charge in [0, 0.05) is 6.42 Å². The second-order valence-corrected chi connectivity index (χ2v) is 8.47. The molecule has 0 radical (unpaired) electrons. The van der Waals surface area contributed by atoms with Gasteiger partial charge in [-0.1, -0.05) is 30.3 Å². The first-order valence-electron chi connectivity index (χ1n) is 9.82. The molecular formula is C22H24BF2NO5. The highest BCUT2D eigenvalue weighted by atomic mass is 19.1. The summed E-state index contributed by atoms with van der Waals surface area (Å²) in [5, 5.41) is 9.64. The third kappa shape index (κ3) is 4.47. The summed E-state index contributed by atoms with van der Waals surface area (Å²) in [5.41, 5.74) is -0.380. The zero-order valence-electron chi connectivity index (χ0n) is 17.8. The molecular weight excluding hydrogens is 407 g/mol. The Hall–Kier alpha value is -2.78. The van der Waals surface area contributed by atoms with E-state index >= 15 is 0 Å². The Labute approximate surface area is 179 Å². The maximum atomic E-state index is 14.1. The molecule has 0 unspecified atom stereocenters. The van der Waals surface area contributed by atoms with Crippen molar-refractivity contribution in [3.63, 3.8) is 0 Å². The van der Waals surface area contributed by atoms with Gasteiger partial charge in [-0.05, 0) is 50.9 Å². The number of carbonyl (C=O) groups is 2. The SMILES string of the molecule is CC1(C)OB(c2ccc(C[C@@H](C(=O)O)N(C=O)c3c(F)cccc3F)cc2)OC1(C)C. The molecule has 1 atom stereocenters. The molecule has 2 aromatic rings. The lowest BCUT2D eigenvalue weighted by Crippen LogP contribution is -2.43. The molecule has 1 N–H and O–H groups in total. The van der Waals surface area contributed by atoms with Crippen molar-refractivity contribution in [1.29, 1.82) is 0 Å². The number of benzene rings is 2. The smallest absolute Gasteiger partial charge is 0.480 e. The van der Waals surface area contributed by atoms with Gasteiger partial charge in [-0.25, -0.2) is 13.6 Å². The van der Waals surface area contributed by atoms with Gasteiger partial charge in [0.25, 0.3) is 0 Å². The van der Waals surface area contributed by atoms with Gasteiger partial charge in [-0.3, -0.25) is 9.69 Å². The Morgan fingerprint density at radius 3 is 2.03 bits per heavy atom. The highest BCUT2D eigenvalue weighted by molar-refractivity contribution is 6.62. The van der Waals surface area contributed by atoms with Gasteiger partial charge in [-0.15, -0.1) is 0 Å². The quantitative estimate of drug-likeness (QED) is 0.539. The molecule has 2 aromatic carbocycles. The number of hydrogen-bond acceptors (Lipinski definition) is 4. The molecule has 1 amide bonds. The molecule has 31 heavy (non-hydrogen) atoms. The van der Waals surface area contributed by atoms with Gasteiger partial charge in [-0.2, -0.15) is 0 Å². The van der Waals surface area contributed by atoms with E-state index in [1.807, 2.05) is 27.7 Å². The standard InChI is InChI=1S/C22H24BF2NO5/c1-21(2)22(3,4)31-23(30-21)15-10-8-14(9-11-15)12-18(20(28)29)26(13-27)19-16(24)6-5-7-17(19)25/h5-11,13,18H,12H2,1-4H3,(H,28,29)/t18-/m0/s1. The van der Waals surface area contributed by atoms with Gasteiger partial charge < -0.3 is 14.4 Å². The summed E-state index contributed by atoms with van der Waals surface area (Å²) < 4.78 is 40.3. The topological polar surface area (TPSA) is 76.1 Å². The van der Waals surface area contributed by atoms with Crippen molar-refractivity contribution in [3.05, 3.63) is 59.7 Å². The van der Waals surface area contributed by atoms with E-state index in [-0.39, 0.29) is 12.8 Å². The fourth-order valence-corrected chi connectivity index (χ4v) is 3.34. The summed E-state index contributed by atoms with van der Waals surface area (Å²) in [4.78, 5) is 24.0. The molecule has 0 bridgehead atoms. The van der Waals surface area contributed by atoms with Gasteiger partial charge in [0.1, 0.15) is 23.4 Å². The van der Waals surface area contributed by atoms with Crippen LogP contribution < -0.4 is 10.4 Å². The molecule has 1 aliphatic heterocycles. The van der Waals surface area contributed by atoms with Gasteiger partial charge in [0.15, 0.2) is 0 Å². The van der Waals surface area contributed by atoms with Crippen LogP contribution in [0.1, 0.15) is 33.3 Å². The Bertz CT molecular complexity index is 944. The van der Waals surface area contributed by atoms with Crippen LogP contribution in [0.25, 0.3) is 0 Å². The molecule has 0 aromatic heterocycles. The number of hydrogen-bond donors (Lipinski definition) is 1. The van der Waals surface area contributed by atoms with E-state index in [2.05, 4.69) is 0 Å². The lowest BCUT2D eigenvalue weighted by molar-refractivity contribution is -0.139. The largest absolute Gasteiger partial charge is 0.494 e. The fraction of sp³-hybridized carbons (Fsp3) is 0.364. The van der Waals surface area contributed by atoms with Crippen molar-refractivity contribution in [2.45, 2.75) is 51.4 Å². The maximum Gasteiger partial charge on any atom is 0.494 e. The average Bonchev–Trinajstić information content (AvgIpc) is 2.91. The summed E-state index contributed by atoms with van der Waals surface area (Å²) in [6, 6.07) is 8.42. The molecule has 6 nitrogen and oxygen atoms in total. The highest BCUT2D eigenvalue weighted by Crippen LogP contribution is 2.36. The van der Waals surface area contributed by atoms with Crippen LogP contribution in [0.15, 0.2) is 42.5 Å². The van der Waals surface area contributed by atoms with Crippen molar-refractivity contribution >= 4 is 30.6 Å². The summed E-state index contributed by atoms with van der Waals surface area (Å²) >= 11 is 0. The van der Waals surface area contributed by atoms with E-state index in [1.165, 1.54) is 0 Å². The maximum absolute atomic E-state index is 14.1. The van der Waals surface area contributed by atoms with E-state index in [0.717, 1.165) is 23.7 Å². The van der Waals surface area contributed by atoms with E-state index < -0.39 is 47.7 Å². The molecule has 1 fully saturated rings. The van der Waals surface area contributed by atoms with Crippen molar-refractivity contribution in [3.8, 4) is 0 Å². The summed E-state index contributed by atoms with van der Waals surface area (Å²) in [5.74, 6) is -3.42. The van der Waals surface area contributed by atoms with Gasteiger partial charge in [0.2, 0.25) is 6.41 Å². The minimum Gasteiger partial charge on any atom is -0.480 e. The van der Waals surface area contributed by atoms with Crippen LogP contribution in [0.3, 0.4) is 0 Å². The number of anilines is 1. The number of para-hydroxylation sites is 1. The zero-order chi connectivity index (χ0) is 23.0. The van der Waals surface area contributed by atoms with Crippen LogP contribution in [-0.4, -0.2) is 41.8 Å². The molecule has 0 spiro atoms. The van der Waals surface area contributed by atoms with Crippen LogP contribution in [0.2, 0.25) is 0 Å². The number of carboxylic acids is 1. The highest BCUT2D eigenvalue weighted by Gasteiger charge is 2.51. The predicted molar refractivity (Wildman–Crippen MR) is 112 cm³/mol. The van der Waals surface area contributed by atoms with Crippen LogP contribution in [0.4, 0.5) is 14.5 Å². The average molecular weight is 431 g/mol. The van der Waals surface area contributed by atoms with E-state index in [1.54, 1.807) is 24.3 Å². The minimum absolute atomic E-state index is 0.124. The fourth-order valence-electron chi connectivity index (χ4n) is 3.34. The molecule has 9 heteroatoms. The Morgan fingerprint density at radius 2 is 1.58 bits per heavy atom. The zero-order valence-corrected chi connectivity index (χ0v) is 17.8. The minimum atomic E-state index is -1.49. The number of carboxylic acid groups (broad SMARTS) is 1. The molecule has 0 saturated carbocycles.